The van der Waals surface area contributed by atoms with Crippen molar-refractivity contribution in [1.82, 2.24) is 5.32 Å². The smallest absolute Gasteiger partial charge is 0.0465 e. The van der Waals surface area contributed by atoms with Gasteiger partial charge >= 0.3 is 0 Å². The molecule has 0 radical (unpaired) electrons. The summed E-state index contributed by atoms with van der Waals surface area (Å²) in [7, 11) is 0. The highest BCUT2D eigenvalue weighted by atomic mass is 16.3. The Labute approximate surface area is 80.7 Å². The van der Waals surface area contributed by atoms with Crippen molar-refractivity contribution in [3.05, 3.63) is 0 Å². The number of hydrogen-bond acceptors (Lipinski definition) is 2. The second kappa shape index (κ2) is 3.97. The molecule has 2 atom stereocenters. The summed E-state index contributed by atoms with van der Waals surface area (Å²) < 4.78 is 0. The first-order valence-electron chi connectivity index (χ1n) is 5.69. The number of aliphatic hydroxyl groups excluding tert-OH is 1. The van der Waals surface area contributed by atoms with Crippen molar-refractivity contribution >= 4 is 0 Å². The zero-order chi connectivity index (χ0) is 9.15. The fraction of sp³-hybridized carbons (Fsp3) is 1.00. The fourth-order valence-corrected chi connectivity index (χ4v) is 3.22. The van der Waals surface area contributed by atoms with Gasteiger partial charge in [0.2, 0.25) is 0 Å². The highest BCUT2D eigenvalue weighted by molar-refractivity contribution is 4.93. The Bertz CT molecular complexity index is 155. The van der Waals surface area contributed by atoms with Gasteiger partial charge in [-0.05, 0) is 43.6 Å². The molecule has 2 fully saturated rings. The first-order chi connectivity index (χ1) is 6.37. The minimum absolute atomic E-state index is 0.404. The minimum Gasteiger partial charge on any atom is -0.396 e. The Morgan fingerprint density at radius 1 is 1.23 bits per heavy atom. The fourth-order valence-electron chi connectivity index (χ4n) is 3.22. The van der Waals surface area contributed by atoms with Crippen LogP contribution in [0.1, 0.15) is 38.5 Å². The maximum Gasteiger partial charge on any atom is 0.0465 e. The standard InChI is InChI=1S/C11H21NO/c13-8-10-4-1-2-5-11(10)6-3-7-12-9-11/h10,12-13H,1-9H2. The normalized spacial score (nSPS) is 40.8. The van der Waals surface area contributed by atoms with Gasteiger partial charge in [0.15, 0.2) is 0 Å². The average Bonchev–Trinajstić information content (AvgIpc) is 2.20. The van der Waals surface area contributed by atoms with Gasteiger partial charge in [0, 0.05) is 13.2 Å². The number of nitrogens with one attached hydrogen (secondary N) is 1. The molecule has 2 rings (SSSR count). The molecule has 1 spiro atoms. The highest BCUT2D eigenvalue weighted by Crippen LogP contribution is 2.45. The van der Waals surface area contributed by atoms with E-state index in [1.807, 2.05) is 0 Å². The Kier molecular flexibility index (Phi) is 2.89. The van der Waals surface area contributed by atoms with E-state index in [0.29, 0.717) is 17.9 Å². The average molecular weight is 183 g/mol. The lowest BCUT2D eigenvalue weighted by Crippen LogP contribution is -2.47. The minimum atomic E-state index is 0.404. The molecule has 13 heavy (non-hydrogen) atoms. The molecule has 2 N–H and O–H groups in total. The zero-order valence-corrected chi connectivity index (χ0v) is 8.39. The van der Waals surface area contributed by atoms with E-state index in [1.54, 1.807) is 0 Å². The molecule has 1 heterocycles. The predicted molar refractivity (Wildman–Crippen MR) is 53.6 cm³/mol. The van der Waals surface area contributed by atoms with Gasteiger partial charge in [0.05, 0.1) is 0 Å². The van der Waals surface area contributed by atoms with Gasteiger partial charge in [-0.1, -0.05) is 12.8 Å². The van der Waals surface area contributed by atoms with E-state index in [0.717, 1.165) is 6.54 Å². The molecule has 0 bridgehead atoms. The van der Waals surface area contributed by atoms with E-state index in [1.165, 1.54) is 45.1 Å². The van der Waals surface area contributed by atoms with Crippen LogP contribution in [-0.2, 0) is 0 Å². The topological polar surface area (TPSA) is 32.3 Å². The molecule has 0 amide bonds. The molecular formula is C11H21NO. The first-order valence-corrected chi connectivity index (χ1v) is 5.69. The first kappa shape index (κ1) is 9.47. The SMILES string of the molecule is OCC1CCCCC12CCCNC2. The summed E-state index contributed by atoms with van der Waals surface area (Å²) >= 11 is 0. The van der Waals surface area contributed by atoms with E-state index in [-0.39, 0.29) is 0 Å². The van der Waals surface area contributed by atoms with E-state index >= 15 is 0 Å². The molecular weight excluding hydrogens is 162 g/mol. The third kappa shape index (κ3) is 1.75. The van der Waals surface area contributed by atoms with Gasteiger partial charge in [-0.15, -0.1) is 0 Å². The second-order valence-electron chi connectivity index (χ2n) is 4.77. The van der Waals surface area contributed by atoms with Crippen molar-refractivity contribution in [2.75, 3.05) is 19.7 Å². The molecule has 76 valence electrons. The van der Waals surface area contributed by atoms with Crippen LogP contribution < -0.4 is 5.32 Å². The van der Waals surface area contributed by atoms with Crippen molar-refractivity contribution in [1.29, 1.82) is 0 Å². The van der Waals surface area contributed by atoms with E-state index in [9.17, 15) is 5.11 Å². The Morgan fingerprint density at radius 3 is 2.77 bits per heavy atom. The summed E-state index contributed by atoms with van der Waals surface area (Å²) in [6, 6.07) is 0. The molecule has 2 unspecified atom stereocenters. The van der Waals surface area contributed by atoms with E-state index in [2.05, 4.69) is 5.32 Å². The molecule has 2 heteroatoms. The summed E-state index contributed by atoms with van der Waals surface area (Å²) in [5.41, 5.74) is 0.464. The summed E-state index contributed by atoms with van der Waals surface area (Å²) in [5, 5.41) is 12.9. The predicted octanol–water partition coefficient (Wildman–Crippen LogP) is 1.54. The van der Waals surface area contributed by atoms with Crippen LogP contribution in [0.3, 0.4) is 0 Å². The van der Waals surface area contributed by atoms with Gasteiger partial charge in [0.1, 0.15) is 0 Å². The quantitative estimate of drug-likeness (QED) is 0.646. The maximum atomic E-state index is 9.38. The lowest BCUT2D eigenvalue weighted by molar-refractivity contribution is 0.0225. The van der Waals surface area contributed by atoms with Crippen LogP contribution in [0.2, 0.25) is 0 Å². The molecule has 2 aliphatic rings. The Balaban J connectivity index is 2.06. The van der Waals surface area contributed by atoms with E-state index in [4.69, 9.17) is 0 Å². The van der Waals surface area contributed by atoms with E-state index < -0.39 is 0 Å². The van der Waals surface area contributed by atoms with Crippen LogP contribution in [-0.4, -0.2) is 24.8 Å². The molecule has 0 aromatic rings. The molecule has 0 aromatic heterocycles. The van der Waals surface area contributed by atoms with Crippen LogP contribution in [0.25, 0.3) is 0 Å². The van der Waals surface area contributed by atoms with Crippen LogP contribution in [0, 0.1) is 11.3 Å². The number of hydrogen-bond donors (Lipinski definition) is 2. The Morgan fingerprint density at radius 2 is 2.08 bits per heavy atom. The van der Waals surface area contributed by atoms with Gasteiger partial charge in [-0.2, -0.15) is 0 Å². The molecule has 1 aliphatic carbocycles. The summed E-state index contributed by atoms with van der Waals surface area (Å²) in [6.45, 7) is 2.74. The Hall–Kier alpha value is -0.0800. The lowest BCUT2D eigenvalue weighted by atomic mass is 9.63. The molecule has 1 saturated heterocycles. The molecule has 0 aromatic carbocycles. The summed E-state index contributed by atoms with van der Waals surface area (Å²) in [4.78, 5) is 0. The van der Waals surface area contributed by atoms with Crippen LogP contribution in [0.5, 0.6) is 0 Å². The van der Waals surface area contributed by atoms with Crippen molar-refractivity contribution in [2.45, 2.75) is 38.5 Å². The largest absolute Gasteiger partial charge is 0.396 e. The van der Waals surface area contributed by atoms with Crippen LogP contribution in [0.15, 0.2) is 0 Å². The van der Waals surface area contributed by atoms with Gasteiger partial charge in [0.25, 0.3) is 0 Å². The second-order valence-corrected chi connectivity index (χ2v) is 4.77. The molecule has 2 nitrogen and oxygen atoms in total. The molecule has 1 aliphatic heterocycles. The summed E-state index contributed by atoms with van der Waals surface area (Å²) in [5.74, 6) is 0.578. The number of rotatable bonds is 1. The van der Waals surface area contributed by atoms with Gasteiger partial charge in [-0.25, -0.2) is 0 Å². The van der Waals surface area contributed by atoms with Gasteiger partial charge in [-0.3, -0.25) is 0 Å². The molecule has 1 saturated carbocycles. The third-order valence-corrected chi connectivity index (χ3v) is 4.07. The van der Waals surface area contributed by atoms with Crippen molar-refractivity contribution in [3.8, 4) is 0 Å². The van der Waals surface area contributed by atoms with Crippen molar-refractivity contribution in [3.63, 3.8) is 0 Å². The third-order valence-electron chi connectivity index (χ3n) is 4.07. The van der Waals surface area contributed by atoms with Crippen LogP contribution >= 0.6 is 0 Å². The van der Waals surface area contributed by atoms with Gasteiger partial charge < -0.3 is 10.4 Å². The zero-order valence-electron chi connectivity index (χ0n) is 8.39. The van der Waals surface area contributed by atoms with Crippen molar-refractivity contribution in [2.24, 2.45) is 11.3 Å². The maximum absolute atomic E-state index is 9.38. The lowest BCUT2D eigenvalue weighted by Gasteiger charge is -2.46. The highest BCUT2D eigenvalue weighted by Gasteiger charge is 2.40. The monoisotopic (exact) mass is 183 g/mol. The number of aliphatic hydroxyl groups is 1. The van der Waals surface area contributed by atoms with Crippen LogP contribution in [0.4, 0.5) is 0 Å². The number of piperidine rings is 1. The van der Waals surface area contributed by atoms with Crippen molar-refractivity contribution < 1.29 is 5.11 Å². The summed E-state index contributed by atoms with van der Waals surface area (Å²) in [6.07, 6.45) is 7.93.